The Balaban J connectivity index is 1.65. The van der Waals surface area contributed by atoms with E-state index in [4.69, 9.17) is 4.74 Å². The molecule has 5 nitrogen and oxygen atoms in total. The van der Waals surface area contributed by atoms with Crippen LogP contribution in [0.25, 0.3) is 0 Å². The van der Waals surface area contributed by atoms with E-state index in [-0.39, 0.29) is 18.0 Å². The van der Waals surface area contributed by atoms with Gasteiger partial charge in [-0.15, -0.1) is 0 Å². The van der Waals surface area contributed by atoms with Gasteiger partial charge >= 0.3 is 0 Å². The van der Waals surface area contributed by atoms with Crippen LogP contribution in [0.15, 0.2) is 18.5 Å². The largest absolute Gasteiger partial charge is 0.394 e. The number of nitrogens with zero attached hydrogens (tertiary/aromatic N) is 2. The molecule has 2 aliphatic rings. The van der Waals surface area contributed by atoms with Crippen LogP contribution in [0.4, 0.5) is 4.39 Å². The van der Waals surface area contributed by atoms with Crippen molar-refractivity contribution in [1.82, 2.24) is 15.2 Å². The lowest BCUT2D eigenvalue weighted by atomic mass is 9.72. The molecule has 0 radical (unpaired) electrons. The van der Waals surface area contributed by atoms with Gasteiger partial charge in [-0.1, -0.05) is 0 Å². The first kappa shape index (κ1) is 15.8. The molecule has 1 aromatic heterocycles. The van der Waals surface area contributed by atoms with Crippen LogP contribution >= 0.6 is 0 Å². The highest BCUT2D eigenvalue weighted by molar-refractivity contribution is 5.13. The number of aromatic nitrogens is 1. The first-order chi connectivity index (χ1) is 10.6. The second-order valence-electron chi connectivity index (χ2n) is 6.58. The van der Waals surface area contributed by atoms with Crippen molar-refractivity contribution in [3.8, 4) is 0 Å². The summed E-state index contributed by atoms with van der Waals surface area (Å²) < 4.78 is 19.4. The molecule has 0 amide bonds. The first-order valence-corrected chi connectivity index (χ1v) is 7.84. The molecule has 1 aliphatic heterocycles. The van der Waals surface area contributed by atoms with E-state index in [9.17, 15) is 9.50 Å². The summed E-state index contributed by atoms with van der Waals surface area (Å²) in [6, 6.07) is 1.67. The number of hydrogen-bond donors (Lipinski definition) is 2. The van der Waals surface area contributed by atoms with Gasteiger partial charge in [-0.05, 0) is 32.4 Å². The number of pyridine rings is 1. The van der Waals surface area contributed by atoms with E-state index in [2.05, 4.69) is 22.2 Å². The summed E-state index contributed by atoms with van der Waals surface area (Å²) in [5.74, 6) is -0.309. The predicted molar refractivity (Wildman–Crippen MR) is 80.9 cm³/mol. The van der Waals surface area contributed by atoms with Gasteiger partial charge < -0.3 is 15.2 Å². The maximum atomic E-state index is 13.6. The summed E-state index contributed by atoms with van der Waals surface area (Å²) in [6.07, 6.45) is 6.25. The van der Waals surface area contributed by atoms with Crippen LogP contribution < -0.4 is 5.32 Å². The van der Waals surface area contributed by atoms with Gasteiger partial charge in [0.2, 0.25) is 0 Å². The standard InChI is InChI=1S/C16H24FN3O2/c1-20-15(4-2-5-15)11-22-12-16(20,10-21)9-19-7-13-3-6-18-8-14(13)17/h3,6,8,19,21H,2,4-5,7,9-12H2,1H3. The monoisotopic (exact) mass is 309 g/mol. The lowest BCUT2D eigenvalue weighted by molar-refractivity contribution is -0.180. The number of morpholine rings is 1. The summed E-state index contributed by atoms with van der Waals surface area (Å²) in [5.41, 5.74) is 0.216. The molecular formula is C16H24FN3O2. The number of aliphatic hydroxyl groups excluding tert-OH is 1. The fourth-order valence-corrected chi connectivity index (χ4v) is 3.55. The molecule has 1 unspecified atom stereocenters. The Kier molecular flexibility index (Phi) is 4.45. The Morgan fingerprint density at radius 2 is 2.27 bits per heavy atom. The van der Waals surface area contributed by atoms with E-state index in [0.29, 0.717) is 25.3 Å². The molecule has 1 saturated carbocycles. The van der Waals surface area contributed by atoms with E-state index in [0.717, 1.165) is 19.4 Å². The van der Waals surface area contributed by atoms with Gasteiger partial charge in [-0.2, -0.15) is 0 Å². The lowest BCUT2D eigenvalue weighted by Gasteiger charge is -2.59. The molecule has 0 bridgehead atoms. The van der Waals surface area contributed by atoms with Crippen LogP contribution in [-0.4, -0.2) is 59.5 Å². The fraction of sp³-hybridized carbons (Fsp3) is 0.688. The number of rotatable bonds is 5. The van der Waals surface area contributed by atoms with Crippen molar-refractivity contribution < 1.29 is 14.2 Å². The number of halogens is 1. The van der Waals surface area contributed by atoms with Crippen LogP contribution in [-0.2, 0) is 11.3 Å². The molecule has 1 atom stereocenters. The summed E-state index contributed by atoms with van der Waals surface area (Å²) in [4.78, 5) is 6.05. The number of nitrogens with one attached hydrogen (secondary N) is 1. The van der Waals surface area contributed by atoms with Gasteiger partial charge in [0.25, 0.3) is 0 Å². The quantitative estimate of drug-likeness (QED) is 0.847. The second kappa shape index (κ2) is 6.20. The Bertz CT molecular complexity index is 524. The molecule has 122 valence electrons. The van der Waals surface area contributed by atoms with Gasteiger partial charge in [0.15, 0.2) is 0 Å². The predicted octanol–water partition coefficient (Wildman–Crippen LogP) is 0.926. The van der Waals surface area contributed by atoms with Crippen molar-refractivity contribution in [2.45, 2.75) is 36.9 Å². The Morgan fingerprint density at radius 3 is 2.91 bits per heavy atom. The van der Waals surface area contributed by atoms with Gasteiger partial charge in [0.05, 0.1) is 31.6 Å². The van der Waals surface area contributed by atoms with Crippen molar-refractivity contribution >= 4 is 0 Å². The highest BCUT2D eigenvalue weighted by atomic mass is 19.1. The molecule has 6 heteroatoms. The van der Waals surface area contributed by atoms with Crippen molar-refractivity contribution in [1.29, 1.82) is 0 Å². The highest BCUT2D eigenvalue weighted by Gasteiger charge is 2.52. The molecule has 1 spiro atoms. The number of likely N-dealkylation sites (N-methyl/N-ethyl adjacent to an activating group) is 1. The average molecular weight is 309 g/mol. The minimum absolute atomic E-state index is 0.0249. The number of ether oxygens (including phenoxy) is 1. The molecule has 2 fully saturated rings. The van der Waals surface area contributed by atoms with Gasteiger partial charge in [0, 0.05) is 30.4 Å². The average Bonchev–Trinajstić information content (AvgIpc) is 2.49. The molecule has 1 aromatic rings. The first-order valence-electron chi connectivity index (χ1n) is 7.84. The van der Waals surface area contributed by atoms with Crippen molar-refractivity contribution in [2.24, 2.45) is 0 Å². The maximum Gasteiger partial charge on any atom is 0.145 e. The molecule has 1 aliphatic carbocycles. The van der Waals surface area contributed by atoms with E-state index in [1.54, 1.807) is 12.3 Å². The number of aliphatic hydroxyl groups is 1. The normalized spacial score (nSPS) is 27.8. The van der Waals surface area contributed by atoms with Crippen LogP contribution in [0.1, 0.15) is 24.8 Å². The molecule has 0 aromatic carbocycles. The maximum absolute atomic E-state index is 13.6. The van der Waals surface area contributed by atoms with E-state index in [1.807, 2.05) is 0 Å². The smallest absolute Gasteiger partial charge is 0.145 e. The summed E-state index contributed by atoms with van der Waals surface area (Å²) >= 11 is 0. The number of hydrogen-bond acceptors (Lipinski definition) is 5. The van der Waals surface area contributed by atoms with E-state index in [1.165, 1.54) is 12.6 Å². The van der Waals surface area contributed by atoms with Crippen molar-refractivity contribution in [3.05, 3.63) is 29.8 Å². The van der Waals surface area contributed by atoms with Crippen LogP contribution in [0.3, 0.4) is 0 Å². The third-order valence-corrected chi connectivity index (χ3v) is 5.37. The van der Waals surface area contributed by atoms with Crippen molar-refractivity contribution in [3.63, 3.8) is 0 Å². The summed E-state index contributed by atoms with van der Waals surface area (Å²) in [5, 5.41) is 13.2. The molecule has 3 rings (SSSR count). The second-order valence-corrected chi connectivity index (χ2v) is 6.58. The Morgan fingerprint density at radius 1 is 1.45 bits per heavy atom. The third kappa shape index (κ3) is 2.65. The SMILES string of the molecule is CN1C2(CCC2)COCC1(CO)CNCc1ccncc1F. The molecular weight excluding hydrogens is 285 g/mol. The summed E-state index contributed by atoms with van der Waals surface area (Å²) in [7, 11) is 2.08. The van der Waals surface area contributed by atoms with Crippen LogP contribution in [0.2, 0.25) is 0 Å². The zero-order valence-electron chi connectivity index (χ0n) is 13.0. The molecule has 2 N–H and O–H groups in total. The zero-order chi connectivity index (χ0) is 15.6. The topological polar surface area (TPSA) is 57.6 Å². The Hall–Kier alpha value is -1.08. The fourth-order valence-electron chi connectivity index (χ4n) is 3.55. The van der Waals surface area contributed by atoms with Gasteiger partial charge in [0.1, 0.15) is 5.82 Å². The Labute approximate surface area is 130 Å². The lowest BCUT2D eigenvalue weighted by Crippen LogP contribution is -2.73. The third-order valence-electron chi connectivity index (χ3n) is 5.37. The molecule has 1 saturated heterocycles. The van der Waals surface area contributed by atoms with Crippen LogP contribution in [0, 0.1) is 5.82 Å². The molecule has 2 heterocycles. The van der Waals surface area contributed by atoms with Crippen molar-refractivity contribution in [2.75, 3.05) is 33.4 Å². The zero-order valence-corrected chi connectivity index (χ0v) is 13.0. The minimum atomic E-state index is -0.442. The minimum Gasteiger partial charge on any atom is -0.394 e. The van der Waals surface area contributed by atoms with Gasteiger partial charge in [-0.3, -0.25) is 9.88 Å². The molecule has 22 heavy (non-hydrogen) atoms. The summed E-state index contributed by atoms with van der Waals surface area (Å²) in [6.45, 7) is 2.23. The highest BCUT2D eigenvalue weighted by Crippen LogP contribution is 2.43. The van der Waals surface area contributed by atoms with E-state index >= 15 is 0 Å². The van der Waals surface area contributed by atoms with Crippen LogP contribution in [0.5, 0.6) is 0 Å². The van der Waals surface area contributed by atoms with Gasteiger partial charge in [-0.25, -0.2) is 4.39 Å². The van der Waals surface area contributed by atoms with E-state index < -0.39 is 5.54 Å².